The number of imidazole rings is 1. The molecule has 0 atom stereocenters. The predicted octanol–water partition coefficient (Wildman–Crippen LogP) is 3.17. The van der Waals surface area contributed by atoms with Crippen LogP contribution in [0, 0.1) is 0 Å². The maximum atomic E-state index is 12.7. The van der Waals surface area contributed by atoms with Crippen LogP contribution in [0.15, 0.2) is 42.6 Å². The number of rotatable bonds is 6. The summed E-state index contributed by atoms with van der Waals surface area (Å²) in [5.74, 6) is 0.424. The SMILES string of the molecule is CN(C/C=C/C(=O)N1CCn2c(C(=O)Nc3ccccc3Cl)cnc2C1)C1CCC1. The van der Waals surface area contributed by atoms with Crippen LogP contribution in [0.1, 0.15) is 35.6 Å². The van der Waals surface area contributed by atoms with Crippen molar-refractivity contribution >= 4 is 29.1 Å². The number of nitrogens with one attached hydrogen (secondary N) is 1. The summed E-state index contributed by atoms with van der Waals surface area (Å²) in [4.78, 5) is 33.7. The smallest absolute Gasteiger partial charge is 0.273 e. The van der Waals surface area contributed by atoms with E-state index in [9.17, 15) is 9.59 Å². The number of hydrogen-bond donors (Lipinski definition) is 1. The molecule has 30 heavy (non-hydrogen) atoms. The number of likely N-dealkylation sites (N-methyl/N-ethyl adjacent to an activating group) is 1. The van der Waals surface area contributed by atoms with E-state index in [1.807, 2.05) is 22.8 Å². The third-order valence-electron chi connectivity index (χ3n) is 5.88. The Balaban J connectivity index is 1.35. The topological polar surface area (TPSA) is 70.5 Å². The second kappa shape index (κ2) is 9.02. The molecule has 0 saturated heterocycles. The maximum absolute atomic E-state index is 12.7. The molecule has 1 fully saturated rings. The zero-order chi connectivity index (χ0) is 21.1. The Morgan fingerprint density at radius 3 is 2.83 bits per heavy atom. The summed E-state index contributed by atoms with van der Waals surface area (Å²) in [6, 6.07) is 7.76. The number of amides is 2. The average Bonchev–Trinajstić information content (AvgIpc) is 3.11. The van der Waals surface area contributed by atoms with Crippen LogP contribution >= 0.6 is 11.6 Å². The number of carbonyl (C=O) groups is 2. The molecule has 2 amide bonds. The van der Waals surface area contributed by atoms with E-state index < -0.39 is 0 Å². The van der Waals surface area contributed by atoms with Crippen LogP contribution in [0.5, 0.6) is 0 Å². The fraction of sp³-hybridized carbons (Fsp3) is 0.409. The monoisotopic (exact) mass is 427 g/mol. The van der Waals surface area contributed by atoms with Gasteiger partial charge >= 0.3 is 0 Å². The van der Waals surface area contributed by atoms with Gasteiger partial charge in [0.15, 0.2) is 0 Å². The highest BCUT2D eigenvalue weighted by molar-refractivity contribution is 6.33. The molecule has 1 N–H and O–H groups in total. The number of hydrogen-bond acceptors (Lipinski definition) is 4. The first-order valence-corrected chi connectivity index (χ1v) is 10.7. The van der Waals surface area contributed by atoms with Crippen molar-refractivity contribution in [2.24, 2.45) is 0 Å². The van der Waals surface area contributed by atoms with Crippen molar-refractivity contribution in [1.82, 2.24) is 19.4 Å². The molecule has 2 aromatic rings. The molecule has 2 heterocycles. The van der Waals surface area contributed by atoms with Crippen LogP contribution in [0.3, 0.4) is 0 Å². The van der Waals surface area contributed by atoms with E-state index in [0.29, 0.717) is 47.9 Å². The second-order valence-corrected chi connectivity index (χ2v) is 8.24. The van der Waals surface area contributed by atoms with Crippen molar-refractivity contribution in [3.05, 3.63) is 59.2 Å². The van der Waals surface area contributed by atoms with Gasteiger partial charge in [0.2, 0.25) is 5.91 Å². The van der Waals surface area contributed by atoms with Crippen LogP contribution in [-0.4, -0.2) is 57.3 Å². The first-order chi connectivity index (χ1) is 14.5. The van der Waals surface area contributed by atoms with Crippen LogP contribution in [0.2, 0.25) is 5.02 Å². The van der Waals surface area contributed by atoms with Gasteiger partial charge in [-0.2, -0.15) is 0 Å². The van der Waals surface area contributed by atoms with Gasteiger partial charge in [-0.3, -0.25) is 14.5 Å². The number of para-hydroxylation sites is 1. The van der Waals surface area contributed by atoms with E-state index in [4.69, 9.17) is 11.6 Å². The van der Waals surface area contributed by atoms with Gasteiger partial charge in [-0.15, -0.1) is 0 Å². The molecule has 0 spiro atoms. The summed E-state index contributed by atoms with van der Waals surface area (Å²) in [5, 5.41) is 3.31. The van der Waals surface area contributed by atoms with E-state index in [1.54, 1.807) is 29.3 Å². The number of benzene rings is 1. The number of carbonyl (C=O) groups excluding carboxylic acids is 2. The quantitative estimate of drug-likeness (QED) is 0.719. The van der Waals surface area contributed by atoms with Crippen LogP contribution in [-0.2, 0) is 17.9 Å². The molecule has 7 nitrogen and oxygen atoms in total. The Labute approximate surface area is 181 Å². The lowest BCUT2D eigenvalue weighted by atomic mass is 9.92. The second-order valence-electron chi connectivity index (χ2n) is 7.83. The molecule has 2 aliphatic rings. The van der Waals surface area contributed by atoms with E-state index in [2.05, 4.69) is 22.2 Å². The van der Waals surface area contributed by atoms with Gasteiger partial charge in [0.1, 0.15) is 11.5 Å². The molecule has 8 heteroatoms. The normalized spacial score (nSPS) is 16.6. The zero-order valence-corrected chi connectivity index (χ0v) is 17.8. The minimum atomic E-state index is -0.263. The van der Waals surface area contributed by atoms with E-state index >= 15 is 0 Å². The van der Waals surface area contributed by atoms with E-state index in [1.165, 1.54) is 19.3 Å². The van der Waals surface area contributed by atoms with Crippen LogP contribution in [0.25, 0.3) is 0 Å². The van der Waals surface area contributed by atoms with Gasteiger partial charge < -0.3 is 14.8 Å². The van der Waals surface area contributed by atoms with Gasteiger partial charge in [0.25, 0.3) is 5.91 Å². The molecule has 1 aliphatic carbocycles. The van der Waals surface area contributed by atoms with Crippen molar-refractivity contribution in [1.29, 1.82) is 0 Å². The maximum Gasteiger partial charge on any atom is 0.273 e. The van der Waals surface area contributed by atoms with Gasteiger partial charge in [0.05, 0.1) is 23.5 Å². The average molecular weight is 428 g/mol. The van der Waals surface area contributed by atoms with E-state index in [0.717, 1.165) is 6.54 Å². The Morgan fingerprint density at radius 2 is 2.10 bits per heavy atom. The molecule has 0 unspecified atom stereocenters. The summed E-state index contributed by atoms with van der Waals surface area (Å²) in [5.41, 5.74) is 1.03. The highest BCUT2D eigenvalue weighted by Gasteiger charge is 2.25. The molecule has 158 valence electrons. The fourth-order valence-electron chi connectivity index (χ4n) is 3.78. The Kier molecular flexibility index (Phi) is 6.20. The molecule has 0 radical (unpaired) electrons. The molecule has 4 rings (SSSR count). The standard InChI is InChI=1S/C22H26ClN5O2/c1-26(16-6-4-7-16)11-5-10-21(29)27-12-13-28-19(14-24-20(28)15-27)22(30)25-18-9-3-2-8-17(18)23/h2-3,5,8-10,14,16H,4,6-7,11-13,15H2,1H3,(H,25,30)/b10-5+. The first kappa shape index (κ1) is 20.6. The molecule has 1 aromatic carbocycles. The molecule has 1 aromatic heterocycles. The van der Waals surface area contributed by atoms with Crippen molar-refractivity contribution < 1.29 is 9.59 Å². The summed E-state index contributed by atoms with van der Waals surface area (Å²) in [6.45, 7) is 2.24. The first-order valence-electron chi connectivity index (χ1n) is 10.3. The third-order valence-corrected chi connectivity index (χ3v) is 6.21. The zero-order valence-electron chi connectivity index (χ0n) is 17.1. The Hall–Kier alpha value is -2.64. The minimum Gasteiger partial charge on any atom is -0.330 e. The number of fused-ring (bicyclic) bond motifs is 1. The van der Waals surface area contributed by atoms with Crippen molar-refractivity contribution in [3.63, 3.8) is 0 Å². The molecular weight excluding hydrogens is 402 g/mol. The molecular formula is C22H26ClN5O2. The number of aromatic nitrogens is 2. The van der Waals surface area contributed by atoms with Crippen LogP contribution in [0.4, 0.5) is 5.69 Å². The molecule has 0 bridgehead atoms. The molecule has 1 aliphatic heterocycles. The largest absolute Gasteiger partial charge is 0.330 e. The highest BCUT2D eigenvalue weighted by Crippen LogP contribution is 2.24. The number of nitrogens with zero attached hydrogens (tertiary/aromatic N) is 4. The minimum absolute atomic E-state index is 0.0201. The predicted molar refractivity (Wildman–Crippen MR) is 116 cm³/mol. The third kappa shape index (κ3) is 4.42. The summed E-state index contributed by atoms with van der Waals surface area (Å²) >= 11 is 6.13. The van der Waals surface area contributed by atoms with Gasteiger partial charge in [-0.25, -0.2) is 4.98 Å². The van der Waals surface area contributed by atoms with Gasteiger partial charge in [-0.05, 0) is 32.0 Å². The summed E-state index contributed by atoms with van der Waals surface area (Å²) in [6.07, 6.45) is 8.94. The summed E-state index contributed by atoms with van der Waals surface area (Å²) < 4.78 is 1.87. The number of halogens is 1. The van der Waals surface area contributed by atoms with Crippen LogP contribution < -0.4 is 5.32 Å². The van der Waals surface area contributed by atoms with Crippen molar-refractivity contribution in [2.45, 2.75) is 38.4 Å². The van der Waals surface area contributed by atoms with Gasteiger partial charge in [0, 0.05) is 31.8 Å². The van der Waals surface area contributed by atoms with Gasteiger partial charge in [-0.1, -0.05) is 36.2 Å². The Morgan fingerprint density at radius 1 is 1.30 bits per heavy atom. The Bertz CT molecular complexity index is 966. The van der Waals surface area contributed by atoms with Crippen molar-refractivity contribution in [2.75, 3.05) is 25.5 Å². The van der Waals surface area contributed by atoms with E-state index in [-0.39, 0.29) is 11.8 Å². The van der Waals surface area contributed by atoms with Crippen molar-refractivity contribution in [3.8, 4) is 0 Å². The lowest BCUT2D eigenvalue weighted by Gasteiger charge is -2.34. The highest BCUT2D eigenvalue weighted by atomic mass is 35.5. The number of anilines is 1. The lowest BCUT2D eigenvalue weighted by molar-refractivity contribution is -0.127. The molecule has 1 saturated carbocycles. The lowest BCUT2D eigenvalue weighted by Crippen LogP contribution is -2.39. The summed E-state index contributed by atoms with van der Waals surface area (Å²) in [7, 11) is 2.10. The fourth-order valence-corrected chi connectivity index (χ4v) is 3.96.